The first-order valence-electron chi connectivity index (χ1n) is 9.43. The third-order valence-electron chi connectivity index (χ3n) is 4.57. The van der Waals surface area contributed by atoms with Gasteiger partial charge in [-0.25, -0.2) is 8.42 Å². The number of amides is 2. The van der Waals surface area contributed by atoms with Gasteiger partial charge in [0.05, 0.1) is 18.3 Å². The van der Waals surface area contributed by atoms with Gasteiger partial charge in [-0.05, 0) is 42.0 Å². The van der Waals surface area contributed by atoms with Crippen LogP contribution in [0.15, 0.2) is 82.3 Å². The third-order valence-corrected chi connectivity index (χ3v) is 6.65. The Morgan fingerprint density at radius 3 is 2.23 bits per heavy atom. The molecule has 0 aliphatic carbocycles. The van der Waals surface area contributed by atoms with Crippen LogP contribution in [0.25, 0.3) is 0 Å². The summed E-state index contributed by atoms with van der Waals surface area (Å²) in [7, 11) is -2.31. The quantitative estimate of drug-likeness (QED) is 0.517. The molecule has 0 fully saturated rings. The zero-order valence-corrected chi connectivity index (χ0v) is 17.6. The molecule has 0 unspecified atom stereocenters. The minimum atomic E-state index is -3.86. The Kier molecular flexibility index (Phi) is 7.09. The Balaban J connectivity index is 1.64. The van der Waals surface area contributed by atoms with Gasteiger partial charge in [0.15, 0.2) is 9.84 Å². The van der Waals surface area contributed by atoms with Crippen LogP contribution >= 0.6 is 0 Å². The largest absolute Gasteiger partial charge is 0.497 e. The number of carbonyl (C=O) groups excluding carboxylic acids is 2. The molecule has 3 rings (SSSR count). The highest BCUT2D eigenvalue weighted by molar-refractivity contribution is 7.91. The molecule has 0 bridgehead atoms. The van der Waals surface area contributed by atoms with Crippen molar-refractivity contribution in [3.63, 3.8) is 0 Å². The lowest BCUT2D eigenvalue weighted by Gasteiger charge is -2.16. The summed E-state index contributed by atoms with van der Waals surface area (Å²) in [5, 5.41) is 3.71. The average molecular weight is 442 g/mol. The van der Waals surface area contributed by atoms with Crippen LogP contribution in [0, 0.1) is 0 Å². The molecule has 2 N–H and O–H groups in total. The molecule has 3 aromatic rings. The molecule has 1 aromatic heterocycles. The van der Waals surface area contributed by atoms with Crippen molar-refractivity contribution >= 4 is 21.7 Å². The van der Waals surface area contributed by atoms with Gasteiger partial charge in [0, 0.05) is 13.1 Å². The van der Waals surface area contributed by atoms with Gasteiger partial charge in [-0.2, -0.15) is 0 Å². The van der Waals surface area contributed by atoms with E-state index < -0.39 is 26.9 Å². The summed E-state index contributed by atoms with van der Waals surface area (Å²) in [5.74, 6) is -0.960. The van der Waals surface area contributed by atoms with Gasteiger partial charge >= 0.3 is 11.8 Å². The fourth-order valence-corrected chi connectivity index (χ4v) is 4.49. The van der Waals surface area contributed by atoms with Crippen LogP contribution in [-0.4, -0.2) is 33.9 Å². The smallest absolute Gasteiger partial charge is 0.309 e. The summed E-state index contributed by atoms with van der Waals surface area (Å²) in [6, 6.07) is 17.9. The molecule has 1 atom stereocenters. The molecular weight excluding hydrogens is 420 g/mol. The maximum atomic E-state index is 13.1. The van der Waals surface area contributed by atoms with E-state index in [1.807, 2.05) is 0 Å². The lowest BCUT2D eigenvalue weighted by atomic mass is 10.2. The first-order valence-corrected chi connectivity index (χ1v) is 11.0. The monoisotopic (exact) mass is 442 g/mol. The number of nitrogens with one attached hydrogen (secondary N) is 2. The zero-order chi connectivity index (χ0) is 22.3. The molecule has 31 heavy (non-hydrogen) atoms. The second-order valence-corrected chi connectivity index (χ2v) is 8.73. The highest BCUT2D eigenvalue weighted by atomic mass is 32.2. The summed E-state index contributed by atoms with van der Waals surface area (Å²) in [5.41, 5.74) is 0.780. The number of ether oxygens (including phenoxy) is 1. The molecule has 8 nitrogen and oxygen atoms in total. The second kappa shape index (κ2) is 9.94. The van der Waals surface area contributed by atoms with Crippen LogP contribution < -0.4 is 15.4 Å². The van der Waals surface area contributed by atoms with Crippen molar-refractivity contribution in [2.75, 3.05) is 13.7 Å². The van der Waals surface area contributed by atoms with Crippen molar-refractivity contribution in [3.05, 3.63) is 84.3 Å². The summed E-state index contributed by atoms with van der Waals surface area (Å²) >= 11 is 0. The Morgan fingerprint density at radius 1 is 0.935 bits per heavy atom. The minimum Gasteiger partial charge on any atom is -0.497 e. The molecule has 0 aliphatic rings. The molecule has 162 valence electrons. The molecule has 0 spiro atoms. The van der Waals surface area contributed by atoms with Crippen LogP contribution in [0.1, 0.15) is 16.6 Å². The Labute approximate surface area is 180 Å². The number of furan rings is 1. The molecule has 0 aliphatic heterocycles. The molecule has 0 saturated carbocycles. The van der Waals surface area contributed by atoms with Crippen LogP contribution in [0.2, 0.25) is 0 Å². The molecule has 0 saturated heterocycles. The fraction of sp³-hybridized carbons (Fsp3) is 0.182. The molecule has 0 radical (unpaired) electrons. The Bertz CT molecular complexity index is 1110. The Morgan fingerprint density at radius 2 is 1.61 bits per heavy atom. The lowest BCUT2D eigenvalue weighted by Crippen LogP contribution is -2.42. The molecule has 1 heterocycles. The summed E-state index contributed by atoms with van der Waals surface area (Å²) in [4.78, 5) is 24.5. The second-order valence-electron chi connectivity index (χ2n) is 6.60. The van der Waals surface area contributed by atoms with E-state index in [2.05, 4.69) is 10.6 Å². The van der Waals surface area contributed by atoms with Gasteiger partial charge in [-0.3, -0.25) is 9.59 Å². The standard InChI is InChI=1S/C22H22N2O6S/c1-29-17-11-9-16(10-12-17)14-23-21(25)22(26)24-15-20(19-8-5-13-30-19)31(27,28)18-6-3-2-4-7-18/h2-13,20H,14-15H2,1H3,(H,23,25)(H,24,26)/t20-/m1/s1. The molecule has 9 heteroatoms. The maximum absolute atomic E-state index is 13.1. The first kappa shape index (κ1) is 22.1. The fourth-order valence-electron chi connectivity index (χ4n) is 2.88. The van der Waals surface area contributed by atoms with Gasteiger partial charge < -0.3 is 19.8 Å². The molecule has 2 amide bonds. The van der Waals surface area contributed by atoms with Gasteiger partial charge in [-0.1, -0.05) is 30.3 Å². The predicted octanol–water partition coefficient (Wildman–Crippen LogP) is 2.24. The van der Waals surface area contributed by atoms with E-state index in [0.29, 0.717) is 5.75 Å². The van der Waals surface area contributed by atoms with Gasteiger partial charge in [-0.15, -0.1) is 0 Å². The minimum absolute atomic E-state index is 0.0922. The van der Waals surface area contributed by atoms with Crippen molar-refractivity contribution < 1.29 is 27.2 Å². The van der Waals surface area contributed by atoms with E-state index in [4.69, 9.17) is 9.15 Å². The van der Waals surface area contributed by atoms with Gasteiger partial charge in [0.2, 0.25) is 0 Å². The Hall–Kier alpha value is -3.59. The number of sulfone groups is 1. The van der Waals surface area contributed by atoms with Crippen molar-refractivity contribution in [2.45, 2.75) is 16.7 Å². The maximum Gasteiger partial charge on any atom is 0.309 e. The van der Waals surface area contributed by atoms with E-state index in [-0.39, 0.29) is 23.7 Å². The number of rotatable bonds is 8. The number of benzene rings is 2. The number of carbonyl (C=O) groups is 2. The highest BCUT2D eigenvalue weighted by Gasteiger charge is 2.32. The summed E-state index contributed by atoms with van der Waals surface area (Å²) < 4.78 is 36.5. The van der Waals surface area contributed by atoms with Crippen LogP contribution in [0.4, 0.5) is 0 Å². The summed E-state index contributed by atoms with van der Waals surface area (Å²) in [6.07, 6.45) is 1.35. The number of hydrogen-bond donors (Lipinski definition) is 2. The van der Waals surface area contributed by atoms with Crippen molar-refractivity contribution in [3.8, 4) is 5.75 Å². The van der Waals surface area contributed by atoms with Crippen molar-refractivity contribution in [2.24, 2.45) is 0 Å². The van der Waals surface area contributed by atoms with Crippen LogP contribution in [-0.2, 0) is 26.0 Å². The third kappa shape index (κ3) is 5.52. The first-order chi connectivity index (χ1) is 14.9. The summed E-state index contributed by atoms with van der Waals surface area (Å²) in [6.45, 7) is -0.181. The topological polar surface area (TPSA) is 115 Å². The normalized spacial score (nSPS) is 12.0. The van der Waals surface area contributed by atoms with E-state index in [9.17, 15) is 18.0 Å². The zero-order valence-electron chi connectivity index (χ0n) is 16.8. The lowest BCUT2D eigenvalue weighted by molar-refractivity contribution is -0.139. The predicted molar refractivity (Wildman–Crippen MR) is 113 cm³/mol. The van der Waals surface area contributed by atoms with Crippen LogP contribution in [0.5, 0.6) is 5.75 Å². The van der Waals surface area contributed by atoms with E-state index >= 15 is 0 Å². The SMILES string of the molecule is COc1ccc(CNC(=O)C(=O)NC[C@H](c2ccco2)S(=O)(=O)c2ccccc2)cc1. The van der Waals surface area contributed by atoms with Gasteiger partial charge in [0.1, 0.15) is 16.8 Å². The number of hydrogen-bond acceptors (Lipinski definition) is 6. The molecular formula is C22H22N2O6S. The average Bonchev–Trinajstić information content (AvgIpc) is 3.32. The number of methoxy groups -OCH3 is 1. The van der Waals surface area contributed by atoms with Gasteiger partial charge in [0.25, 0.3) is 0 Å². The highest BCUT2D eigenvalue weighted by Crippen LogP contribution is 2.28. The van der Waals surface area contributed by atoms with Crippen molar-refractivity contribution in [1.82, 2.24) is 10.6 Å². The van der Waals surface area contributed by atoms with E-state index in [1.165, 1.54) is 24.5 Å². The van der Waals surface area contributed by atoms with Crippen LogP contribution in [0.3, 0.4) is 0 Å². The van der Waals surface area contributed by atoms with Crippen molar-refractivity contribution in [1.29, 1.82) is 0 Å². The van der Waals surface area contributed by atoms with E-state index in [1.54, 1.807) is 55.6 Å². The molecule has 2 aromatic carbocycles. The van der Waals surface area contributed by atoms with E-state index in [0.717, 1.165) is 5.56 Å².